The number of nitrogen functional groups attached to an aromatic ring is 1. The zero-order valence-electron chi connectivity index (χ0n) is 17.2. The summed E-state index contributed by atoms with van der Waals surface area (Å²) >= 11 is 6.13. The Hall–Kier alpha value is -3.49. The second-order valence-electron chi connectivity index (χ2n) is 7.93. The molecule has 1 atom stereocenters. The van der Waals surface area contributed by atoms with E-state index in [1.54, 1.807) is 23.2 Å². The largest absolute Gasteiger partial charge is 0.383 e. The molecule has 2 aromatic carbocycles. The third-order valence-corrected chi connectivity index (χ3v) is 6.29. The highest BCUT2D eigenvalue weighted by Crippen LogP contribution is 2.25. The number of nitrogens with one attached hydrogen (secondary N) is 1. The molecule has 2 aromatic heterocycles. The molecular formula is C23H21ClN6O2. The average Bonchev–Trinajstić information content (AvgIpc) is 3.19. The standard InChI is InChI=1S/C23H21ClN6O2/c24-19-9-26-21-8-15(2-4-17(19)21)23(32)30-6-5-29(16(11-30)12-31)10-14-1-3-18-20(7-14)27-13-28-22(18)25/h1-4,7-9,12-13,16,26H,5-6,10-11H2,(H2,25,27,28). The maximum Gasteiger partial charge on any atom is 0.254 e. The zero-order chi connectivity index (χ0) is 22.2. The summed E-state index contributed by atoms with van der Waals surface area (Å²) in [5.41, 5.74) is 9.08. The highest BCUT2D eigenvalue weighted by Gasteiger charge is 2.30. The molecule has 1 aliphatic rings. The van der Waals surface area contributed by atoms with Gasteiger partial charge in [0.25, 0.3) is 5.91 Å². The first kappa shape index (κ1) is 20.4. The Morgan fingerprint density at radius 2 is 2.03 bits per heavy atom. The van der Waals surface area contributed by atoms with Gasteiger partial charge in [0.05, 0.1) is 16.6 Å². The third kappa shape index (κ3) is 3.68. The molecule has 1 saturated heterocycles. The van der Waals surface area contributed by atoms with Crippen LogP contribution in [0, 0.1) is 0 Å². The van der Waals surface area contributed by atoms with Crippen molar-refractivity contribution in [1.29, 1.82) is 0 Å². The lowest BCUT2D eigenvalue weighted by atomic mass is 10.1. The second-order valence-corrected chi connectivity index (χ2v) is 8.34. The lowest BCUT2D eigenvalue weighted by Crippen LogP contribution is -2.55. The van der Waals surface area contributed by atoms with E-state index in [9.17, 15) is 9.59 Å². The summed E-state index contributed by atoms with van der Waals surface area (Å²) in [6.45, 7) is 2.05. The Morgan fingerprint density at radius 1 is 1.19 bits per heavy atom. The van der Waals surface area contributed by atoms with Crippen LogP contribution in [0.3, 0.4) is 0 Å². The van der Waals surface area contributed by atoms with Crippen molar-refractivity contribution >= 4 is 51.4 Å². The molecule has 0 spiro atoms. The highest BCUT2D eigenvalue weighted by molar-refractivity contribution is 6.35. The summed E-state index contributed by atoms with van der Waals surface area (Å²) in [6.07, 6.45) is 4.06. The number of anilines is 1. The number of nitrogens with zero attached hydrogens (tertiary/aromatic N) is 4. The predicted octanol–water partition coefficient (Wildman–Crippen LogP) is 2.87. The first-order chi connectivity index (χ1) is 15.5. The Bertz CT molecular complexity index is 1340. The molecule has 5 rings (SSSR count). The Kier molecular flexibility index (Phi) is 5.24. The molecule has 162 valence electrons. The summed E-state index contributed by atoms with van der Waals surface area (Å²) in [4.78, 5) is 40.1. The average molecular weight is 449 g/mol. The summed E-state index contributed by atoms with van der Waals surface area (Å²) in [5.74, 6) is 0.348. The summed E-state index contributed by atoms with van der Waals surface area (Å²) < 4.78 is 0. The fourth-order valence-corrected chi connectivity index (χ4v) is 4.44. The number of aromatic nitrogens is 3. The number of hydrogen-bond donors (Lipinski definition) is 2. The number of H-pyrrole nitrogens is 1. The predicted molar refractivity (Wildman–Crippen MR) is 123 cm³/mol. The molecule has 1 amide bonds. The molecule has 0 aliphatic carbocycles. The molecule has 0 bridgehead atoms. The normalized spacial score (nSPS) is 17.2. The monoisotopic (exact) mass is 448 g/mol. The van der Waals surface area contributed by atoms with E-state index in [1.165, 1.54) is 6.33 Å². The van der Waals surface area contributed by atoms with Gasteiger partial charge in [-0.1, -0.05) is 23.7 Å². The van der Waals surface area contributed by atoms with Crippen molar-refractivity contribution in [3.05, 3.63) is 65.1 Å². The van der Waals surface area contributed by atoms with Gasteiger partial charge in [-0.25, -0.2) is 9.97 Å². The van der Waals surface area contributed by atoms with Crippen molar-refractivity contribution in [3.8, 4) is 0 Å². The number of benzene rings is 2. The molecule has 3 heterocycles. The smallest absolute Gasteiger partial charge is 0.254 e. The van der Waals surface area contributed by atoms with Gasteiger partial charge in [0.1, 0.15) is 18.4 Å². The minimum Gasteiger partial charge on any atom is -0.383 e. The molecular weight excluding hydrogens is 428 g/mol. The van der Waals surface area contributed by atoms with Gasteiger partial charge in [-0.3, -0.25) is 9.69 Å². The number of aromatic amines is 1. The van der Waals surface area contributed by atoms with Gasteiger partial charge in [-0.15, -0.1) is 0 Å². The number of halogens is 1. The fourth-order valence-electron chi connectivity index (χ4n) is 4.22. The van der Waals surface area contributed by atoms with E-state index in [2.05, 4.69) is 19.9 Å². The van der Waals surface area contributed by atoms with E-state index in [0.29, 0.717) is 42.6 Å². The van der Waals surface area contributed by atoms with E-state index in [1.807, 2.05) is 24.3 Å². The van der Waals surface area contributed by atoms with Gasteiger partial charge in [0.2, 0.25) is 0 Å². The van der Waals surface area contributed by atoms with Crippen LogP contribution in [0.5, 0.6) is 0 Å². The number of nitrogens with two attached hydrogens (primary N) is 1. The van der Waals surface area contributed by atoms with Crippen LogP contribution in [0.4, 0.5) is 5.82 Å². The van der Waals surface area contributed by atoms with Gasteiger partial charge in [-0.2, -0.15) is 0 Å². The van der Waals surface area contributed by atoms with Crippen molar-refractivity contribution in [2.45, 2.75) is 12.6 Å². The fraction of sp³-hybridized carbons (Fsp3) is 0.217. The van der Waals surface area contributed by atoms with E-state index in [-0.39, 0.29) is 11.9 Å². The van der Waals surface area contributed by atoms with E-state index >= 15 is 0 Å². The van der Waals surface area contributed by atoms with Gasteiger partial charge < -0.3 is 20.4 Å². The first-order valence-corrected chi connectivity index (χ1v) is 10.7. The number of rotatable bonds is 4. The second kappa shape index (κ2) is 8.22. The number of carbonyl (C=O) groups excluding carboxylic acids is 2. The zero-order valence-corrected chi connectivity index (χ0v) is 17.9. The van der Waals surface area contributed by atoms with Crippen LogP contribution in [0.25, 0.3) is 21.8 Å². The number of carbonyl (C=O) groups is 2. The highest BCUT2D eigenvalue weighted by atomic mass is 35.5. The lowest BCUT2D eigenvalue weighted by molar-refractivity contribution is -0.114. The molecule has 0 radical (unpaired) electrons. The molecule has 1 unspecified atom stereocenters. The van der Waals surface area contributed by atoms with Crippen LogP contribution >= 0.6 is 11.6 Å². The van der Waals surface area contributed by atoms with Gasteiger partial charge in [-0.05, 0) is 29.8 Å². The maximum atomic E-state index is 13.1. The SMILES string of the molecule is Nc1ncnc2cc(CN3CCN(C(=O)c4ccc5c(Cl)c[nH]c5c4)CC3C=O)ccc12. The Labute approximate surface area is 189 Å². The van der Waals surface area contributed by atoms with Crippen molar-refractivity contribution < 1.29 is 9.59 Å². The van der Waals surface area contributed by atoms with Crippen LogP contribution in [-0.2, 0) is 11.3 Å². The molecule has 3 N–H and O–H groups in total. The van der Waals surface area contributed by atoms with Crippen LogP contribution < -0.4 is 5.73 Å². The lowest BCUT2D eigenvalue weighted by Gasteiger charge is -2.39. The number of piperazine rings is 1. The number of fused-ring (bicyclic) bond motifs is 2. The molecule has 1 fully saturated rings. The molecule has 9 heteroatoms. The maximum absolute atomic E-state index is 13.1. The molecule has 0 saturated carbocycles. The number of hydrogen-bond acceptors (Lipinski definition) is 6. The Balaban J connectivity index is 1.31. The minimum absolute atomic E-state index is 0.0954. The topological polar surface area (TPSA) is 108 Å². The van der Waals surface area contributed by atoms with Crippen LogP contribution in [-0.4, -0.2) is 62.6 Å². The van der Waals surface area contributed by atoms with Gasteiger partial charge in [0.15, 0.2) is 0 Å². The van der Waals surface area contributed by atoms with Crippen molar-refractivity contribution in [3.63, 3.8) is 0 Å². The molecule has 32 heavy (non-hydrogen) atoms. The van der Waals surface area contributed by atoms with Crippen LogP contribution in [0.15, 0.2) is 48.9 Å². The molecule has 1 aliphatic heterocycles. The van der Waals surface area contributed by atoms with Gasteiger partial charge >= 0.3 is 0 Å². The van der Waals surface area contributed by atoms with Crippen molar-refractivity contribution in [2.24, 2.45) is 0 Å². The molecule has 4 aromatic rings. The molecule has 8 nitrogen and oxygen atoms in total. The quantitative estimate of drug-likeness (QED) is 0.465. The summed E-state index contributed by atoms with van der Waals surface area (Å²) in [7, 11) is 0. The summed E-state index contributed by atoms with van der Waals surface area (Å²) in [5, 5.41) is 2.30. The van der Waals surface area contributed by atoms with Crippen LogP contribution in [0.2, 0.25) is 5.02 Å². The van der Waals surface area contributed by atoms with Gasteiger partial charge in [0, 0.05) is 54.2 Å². The third-order valence-electron chi connectivity index (χ3n) is 5.97. The summed E-state index contributed by atoms with van der Waals surface area (Å²) in [6, 6.07) is 10.9. The van der Waals surface area contributed by atoms with Crippen LogP contribution in [0.1, 0.15) is 15.9 Å². The Morgan fingerprint density at radius 3 is 2.88 bits per heavy atom. The number of aldehydes is 1. The first-order valence-electron chi connectivity index (χ1n) is 10.3. The van der Waals surface area contributed by atoms with E-state index in [4.69, 9.17) is 17.3 Å². The van der Waals surface area contributed by atoms with Crippen molar-refractivity contribution in [1.82, 2.24) is 24.8 Å². The minimum atomic E-state index is -0.387. The van der Waals surface area contributed by atoms with E-state index in [0.717, 1.165) is 33.7 Å². The van der Waals surface area contributed by atoms with Crippen molar-refractivity contribution in [2.75, 3.05) is 25.4 Å². The number of amides is 1. The van der Waals surface area contributed by atoms with E-state index < -0.39 is 0 Å².